The number of H-pyrrole nitrogens is 1. The molecular formula is C11H11NO3. The molecule has 1 aromatic carbocycles. The molecule has 78 valence electrons. The van der Waals surface area contributed by atoms with Gasteiger partial charge in [0.2, 0.25) is 6.79 Å². The van der Waals surface area contributed by atoms with Gasteiger partial charge in [-0.05, 0) is 24.1 Å². The number of aliphatic hydroxyl groups is 1. The van der Waals surface area contributed by atoms with Gasteiger partial charge < -0.3 is 19.6 Å². The molecule has 2 aromatic rings. The molecule has 0 saturated heterocycles. The van der Waals surface area contributed by atoms with E-state index in [-0.39, 0.29) is 13.4 Å². The molecule has 15 heavy (non-hydrogen) atoms. The summed E-state index contributed by atoms with van der Waals surface area (Å²) in [6.07, 6.45) is 2.53. The van der Waals surface area contributed by atoms with Crippen LogP contribution in [0.4, 0.5) is 0 Å². The Morgan fingerprint density at radius 1 is 1.33 bits per heavy atom. The Bertz CT molecular complexity index is 504. The zero-order valence-corrected chi connectivity index (χ0v) is 8.12. The number of ether oxygens (including phenoxy) is 2. The largest absolute Gasteiger partial charge is 0.454 e. The van der Waals surface area contributed by atoms with E-state index in [1.807, 2.05) is 18.3 Å². The fraction of sp³-hybridized carbons (Fsp3) is 0.273. The van der Waals surface area contributed by atoms with Crippen LogP contribution >= 0.6 is 0 Å². The van der Waals surface area contributed by atoms with Gasteiger partial charge in [-0.25, -0.2) is 0 Å². The lowest BCUT2D eigenvalue weighted by Crippen LogP contribution is -1.94. The maximum absolute atomic E-state index is 8.96. The van der Waals surface area contributed by atoms with Gasteiger partial charge in [-0.1, -0.05) is 0 Å². The van der Waals surface area contributed by atoms with Crippen LogP contribution in [0.5, 0.6) is 11.5 Å². The van der Waals surface area contributed by atoms with Gasteiger partial charge in [-0.15, -0.1) is 0 Å². The topological polar surface area (TPSA) is 54.5 Å². The number of fused-ring (bicyclic) bond motifs is 3. The first kappa shape index (κ1) is 8.61. The van der Waals surface area contributed by atoms with Gasteiger partial charge in [-0.3, -0.25) is 0 Å². The second kappa shape index (κ2) is 3.17. The van der Waals surface area contributed by atoms with Crippen LogP contribution in [0.25, 0.3) is 10.9 Å². The molecule has 1 aliphatic heterocycles. The number of hydrogen-bond acceptors (Lipinski definition) is 3. The molecule has 0 fully saturated rings. The standard InChI is InChI=1S/C11H11NO3/c13-4-3-7-5-12-8-1-2-9-11(10(7)8)15-6-14-9/h1-2,5,12-13H,3-4,6H2. The molecule has 0 amide bonds. The van der Waals surface area contributed by atoms with Crippen molar-refractivity contribution < 1.29 is 14.6 Å². The van der Waals surface area contributed by atoms with E-state index in [4.69, 9.17) is 14.6 Å². The van der Waals surface area contributed by atoms with Gasteiger partial charge >= 0.3 is 0 Å². The van der Waals surface area contributed by atoms with Crippen molar-refractivity contribution in [3.05, 3.63) is 23.9 Å². The highest BCUT2D eigenvalue weighted by atomic mass is 16.7. The molecule has 0 radical (unpaired) electrons. The molecule has 1 aromatic heterocycles. The van der Waals surface area contributed by atoms with Gasteiger partial charge in [0.15, 0.2) is 11.5 Å². The van der Waals surface area contributed by atoms with Crippen LogP contribution in [0, 0.1) is 0 Å². The van der Waals surface area contributed by atoms with E-state index in [0.717, 1.165) is 28.0 Å². The summed E-state index contributed by atoms with van der Waals surface area (Å²) >= 11 is 0. The maximum atomic E-state index is 8.96. The van der Waals surface area contributed by atoms with Gasteiger partial charge in [0.05, 0.1) is 0 Å². The number of nitrogens with one attached hydrogen (secondary N) is 1. The quantitative estimate of drug-likeness (QED) is 0.779. The van der Waals surface area contributed by atoms with Crippen molar-refractivity contribution in [2.45, 2.75) is 6.42 Å². The van der Waals surface area contributed by atoms with E-state index in [9.17, 15) is 0 Å². The van der Waals surface area contributed by atoms with Crippen LogP contribution in [0.2, 0.25) is 0 Å². The number of hydrogen-bond donors (Lipinski definition) is 2. The highest BCUT2D eigenvalue weighted by Crippen LogP contribution is 2.40. The SMILES string of the molecule is OCCc1c[nH]c2ccc3c(c12)OCO3. The van der Waals surface area contributed by atoms with E-state index in [1.54, 1.807) is 0 Å². The summed E-state index contributed by atoms with van der Waals surface area (Å²) in [5, 5.41) is 9.99. The number of aromatic nitrogens is 1. The third-order valence-corrected chi connectivity index (χ3v) is 2.64. The molecule has 2 N–H and O–H groups in total. The van der Waals surface area contributed by atoms with Crippen molar-refractivity contribution in [3.63, 3.8) is 0 Å². The Morgan fingerprint density at radius 2 is 2.27 bits per heavy atom. The first-order valence-electron chi connectivity index (χ1n) is 4.89. The molecule has 2 heterocycles. The van der Waals surface area contributed by atoms with E-state index < -0.39 is 0 Å². The van der Waals surface area contributed by atoms with Crippen molar-refractivity contribution in [1.29, 1.82) is 0 Å². The zero-order chi connectivity index (χ0) is 10.3. The predicted octanol–water partition coefficient (Wildman–Crippen LogP) is 1.43. The summed E-state index contributed by atoms with van der Waals surface area (Å²) in [5.74, 6) is 1.57. The molecular weight excluding hydrogens is 194 g/mol. The van der Waals surface area contributed by atoms with E-state index in [2.05, 4.69) is 4.98 Å². The number of rotatable bonds is 2. The summed E-state index contributed by atoms with van der Waals surface area (Å²) in [6.45, 7) is 0.412. The lowest BCUT2D eigenvalue weighted by atomic mass is 10.1. The summed E-state index contributed by atoms with van der Waals surface area (Å²) in [5.41, 5.74) is 2.08. The van der Waals surface area contributed by atoms with Crippen LogP contribution in [0.15, 0.2) is 18.3 Å². The number of aromatic amines is 1. The van der Waals surface area contributed by atoms with E-state index in [1.165, 1.54) is 0 Å². The van der Waals surface area contributed by atoms with Crippen molar-refractivity contribution in [2.75, 3.05) is 13.4 Å². The molecule has 3 rings (SSSR count). The summed E-state index contributed by atoms with van der Waals surface area (Å²) < 4.78 is 10.7. The lowest BCUT2D eigenvalue weighted by Gasteiger charge is -2.00. The summed E-state index contributed by atoms with van der Waals surface area (Å²) in [6, 6.07) is 3.85. The molecule has 0 bridgehead atoms. The first-order chi connectivity index (χ1) is 7.40. The van der Waals surface area contributed by atoms with E-state index >= 15 is 0 Å². The van der Waals surface area contributed by atoms with Gasteiger partial charge in [0.25, 0.3) is 0 Å². The Morgan fingerprint density at radius 3 is 3.13 bits per heavy atom. The summed E-state index contributed by atoms with van der Waals surface area (Å²) in [4.78, 5) is 3.16. The molecule has 0 atom stereocenters. The second-order valence-corrected chi connectivity index (χ2v) is 3.51. The molecule has 0 unspecified atom stereocenters. The second-order valence-electron chi connectivity index (χ2n) is 3.51. The molecule has 0 aliphatic carbocycles. The smallest absolute Gasteiger partial charge is 0.231 e. The van der Waals surface area contributed by atoms with Gasteiger partial charge in [-0.2, -0.15) is 0 Å². The number of aliphatic hydroxyl groups excluding tert-OH is 1. The molecule has 1 aliphatic rings. The lowest BCUT2D eigenvalue weighted by molar-refractivity contribution is 0.175. The zero-order valence-electron chi connectivity index (χ0n) is 8.12. The third-order valence-electron chi connectivity index (χ3n) is 2.64. The maximum Gasteiger partial charge on any atom is 0.231 e. The Balaban J connectivity index is 2.26. The van der Waals surface area contributed by atoms with Crippen LogP contribution < -0.4 is 9.47 Å². The van der Waals surface area contributed by atoms with Crippen LogP contribution in [0.1, 0.15) is 5.56 Å². The summed E-state index contributed by atoms with van der Waals surface area (Å²) in [7, 11) is 0. The van der Waals surface area contributed by atoms with E-state index in [0.29, 0.717) is 6.42 Å². The minimum Gasteiger partial charge on any atom is -0.454 e. The van der Waals surface area contributed by atoms with Crippen molar-refractivity contribution in [3.8, 4) is 11.5 Å². The Hall–Kier alpha value is -1.68. The molecule has 0 spiro atoms. The number of benzene rings is 1. The normalized spacial score (nSPS) is 13.7. The minimum atomic E-state index is 0.136. The van der Waals surface area contributed by atoms with Crippen molar-refractivity contribution in [1.82, 2.24) is 4.98 Å². The highest BCUT2D eigenvalue weighted by Gasteiger charge is 2.19. The fourth-order valence-electron chi connectivity index (χ4n) is 1.97. The first-order valence-corrected chi connectivity index (χ1v) is 4.89. The van der Waals surface area contributed by atoms with Crippen molar-refractivity contribution >= 4 is 10.9 Å². The monoisotopic (exact) mass is 205 g/mol. The minimum absolute atomic E-state index is 0.136. The molecule has 0 saturated carbocycles. The molecule has 4 nitrogen and oxygen atoms in total. The fourth-order valence-corrected chi connectivity index (χ4v) is 1.97. The average Bonchev–Trinajstić information content (AvgIpc) is 2.83. The third kappa shape index (κ3) is 1.18. The van der Waals surface area contributed by atoms with Crippen LogP contribution in [0.3, 0.4) is 0 Å². The Kier molecular flexibility index (Phi) is 1.82. The van der Waals surface area contributed by atoms with Gasteiger partial charge in [0.1, 0.15) is 0 Å². The molecule has 4 heteroatoms. The van der Waals surface area contributed by atoms with Crippen LogP contribution in [-0.2, 0) is 6.42 Å². The van der Waals surface area contributed by atoms with Gasteiger partial charge in [0, 0.05) is 23.7 Å². The Labute approximate surface area is 86.4 Å². The average molecular weight is 205 g/mol. The van der Waals surface area contributed by atoms with Crippen LogP contribution in [-0.4, -0.2) is 23.5 Å². The highest BCUT2D eigenvalue weighted by molar-refractivity contribution is 5.92. The predicted molar refractivity (Wildman–Crippen MR) is 55.2 cm³/mol. The van der Waals surface area contributed by atoms with Crippen molar-refractivity contribution in [2.24, 2.45) is 0 Å².